The van der Waals surface area contributed by atoms with Crippen LogP contribution in [0.25, 0.3) is 5.57 Å². The van der Waals surface area contributed by atoms with Crippen molar-refractivity contribution in [3.8, 4) is 0 Å². The summed E-state index contributed by atoms with van der Waals surface area (Å²) in [5.41, 5.74) is 7.62. The van der Waals surface area contributed by atoms with Crippen molar-refractivity contribution in [3.05, 3.63) is 129 Å². The van der Waals surface area contributed by atoms with Crippen LogP contribution in [0.1, 0.15) is 75.5 Å². The number of piperidine rings is 1. The normalized spacial score (nSPS) is 18.8. The standard InChI is InChI=1S/C38H41N3O4/c1-26-35(28(3)42)38(32-17-12-18-33(25-32)41(44)45)36(27(2)39-26)34(43)19-10-11-22-40-23-20-31(21-24-40)37(29-13-6-4-7-14-29)30-15-8-5-9-16-30/h4-9,12-18,25,35,38H,10-11,19-24H2,1-3H3. The molecule has 45 heavy (non-hydrogen) atoms. The van der Waals surface area contributed by atoms with Gasteiger partial charge in [0.25, 0.3) is 5.69 Å². The molecule has 0 aliphatic carbocycles. The number of nitro benzene ring substituents is 1. The van der Waals surface area contributed by atoms with Gasteiger partial charge in [0.15, 0.2) is 5.78 Å². The Kier molecular flexibility index (Phi) is 10.3. The average Bonchev–Trinajstić information content (AvgIpc) is 3.04. The van der Waals surface area contributed by atoms with Gasteiger partial charge in [-0.3, -0.25) is 24.7 Å². The SMILES string of the molecule is CC(=O)C1C(C)=NC(C)=C(C(=O)CCCCN2CCC(=C(c3ccccc3)c3ccccc3)CC2)C1c1cccc([N+](=O)[O-])c1. The lowest BCUT2D eigenvalue weighted by atomic mass is 9.72. The maximum atomic E-state index is 13.7. The van der Waals surface area contributed by atoms with Gasteiger partial charge < -0.3 is 4.90 Å². The fourth-order valence-electron chi connectivity index (χ4n) is 6.96. The number of likely N-dealkylation sites (tertiary alicyclic amines) is 1. The Balaban J connectivity index is 1.23. The smallest absolute Gasteiger partial charge is 0.269 e. The maximum Gasteiger partial charge on any atom is 0.269 e. The molecule has 0 radical (unpaired) electrons. The van der Waals surface area contributed by atoms with Crippen LogP contribution in [0.5, 0.6) is 0 Å². The lowest BCUT2D eigenvalue weighted by Crippen LogP contribution is -2.34. The van der Waals surface area contributed by atoms with Crippen LogP contribution < -0.4 is 0 Å². The second kappa shape index (κ2) is 14.5. The summed E-state index contributed by atoms with van der Waals surface area (Å²) >= 11 is 0. The molecule has 7 heteroatoms. The minimum atomic E-state index is -0.623. The number of carbonyl (C=O) groups excluding carboxylic acids is 2. The summed E-state index contributed by atoms with van der Waals surface area (Å²) in [6, 6.07) is 27.6. The first kappa shape index (κ1) is 31.9. The van der Waals surface area contributed by atoms with Crippen LogP contribution in [0.3, 0.4) is 0 Å². The molecule has 232 valence electrons. The van der Waals surface area contributed by atoms with Gasteiger partial charge in [-0.1, -0.05) is 78.4 Å². The van der Waals surface area contributed by atoms with Crippen LogP contribution in [0, 0.1) is 16.0 Å². The van der Waals surface area contributed by atoms with Crippen LogP contribution in [0.4, 0.5) is 5.69 Å². The molecule has 3 aromatic rings. The Hall–Kier alpha value is -4.49. The number of nitro groups is 1. The maximum absolute atomic E-state index is 13.7. The summed E-state index contributed by atoms with van der Waals surface area (Å²) in [7, 11) is 0. The number of rotatable bonds is 11. The Bertz CT molecular complexity index is 1600. The molecule has 3 aromatic carbocycles. The zero-order valence-electron chi connectivity index (χ0n) is 26.4. The number of Topliss-reactive ketones (excluding diaryl/α,β-unsaturated/α-hetero) is 2. The number of benzene rings is 3. The lowest BCUT2D eigenvalue weighted by molar-refractivity contribution is -0.384. The number of aliphatic imine (C=N–C) groups is 1. The van der Waals surface area contributed by atoms with Crippen molar-refractivity contribution < 1.29 is 14.5 Å². The van der Waals surface area contributed by atoms with Crippen molar-refractivity contribution in [2.75, 3.05) is 19.6 Å². The van der Waals surface area contributed by atoms with E-state index in [1.807, 2.05) is 0 Å². The van der Waals surface area contributed by atoms with Gasteiger partial charge in [-0.25, -0.2) is 0 Å². The molecule has 2 aliphatic heterocycles. The molecule has 1 saturated heterocycles. The Morgan fingerprint density at radius 3 is 2.09 bits per heavy atom. The highest BCUT2D eigenvalue weighted by Crippen LogP contribution is 2.41. The molecule has 0 N–H and O–H groups in total. The molecule has 7 nitrogen and oxygen atoms in total. The molecule has 2 unspecified atom stereocenters. The summed E-state index contributed by atoms with van der Waals surface area (Å²) in [6.07, 6.45) is 3.99. The van der Waals surface area contributed by atoms with E-state index in [1.165, 1.54) is 41.3 Å². The number of non-ortho nitro benzene ring substituents is 1. The van der Waals surface area contributed by atoms with Crippen molar-refractivity contribution in [1.29, 1.82) is 0 Å². The predicted octanol–water partition coefficient (Wildman–Crippen LogP) is 7.97. The second-order valence-corrected chi connectivity index (χ2v) is 12.1. The fraction of sp³-hybridized carbons (Fsp3) is 0.342. The topological polar surface area (TPSA) is 92.9 Å². The number of ketones is 2. The largest absolute Gasteiger partial charge is 0.303 e. The summed E-state index contributed by atoms with van der Waals surface area (Å²) < 4.78 is 0. The molecule has 2 heterocycles. The van der Waals surface area contributed by atoms with Gasteiger partial charge in [-0.05, 0) is 75.3 Å². The number of nitrogens with zero attached hydrogens (tertiary/aromatic N) is 3. The predicted molar refractivity (Wildman–Crippen MR) is 179 cm³/mol. The Morgan fingerprint density at radius 2 is 1.51 bits per heavy atom. The van der Waals surface area contributed by atoms with Crippen LogP contribution in [-0.2, 0) is 9.59 Å². The summed E-state index contributed by atoms with van der Waals surface area (Å²) in [5.74, 6) is -1.34. The molecule has 0 aromatic heterocycles. The zero-order valence-corrected chi connectivity index (χ0v) is 26.4. The summed E-state index contributed by atoms with van der Waals surface area (Å²) in [4.78, 5) is 44.7. The van der Waals surface area contributed by atoms with Crippen molar-refractivity contribution in [1.82, 2.24) is 4.90 Å². The summed E-state index contributed by atoms with van der Waals surface area (Å²) in [6.45, 7) is 7.99. The van der Waals surface area contributed by atoms with Gasteiger partial charge in [0, 0.05) is 54.5 Å². The monoisotopic (exact) mass is 603 g/mol. The van der Waals surface area contributed by atoms with Gasteiger partial charge in [0.2, 0.25) is 0 Å². The third-order valence-corrected chi connectivity index (χ3v) is 9.07. The first-order valence-corrected chi connectivity index (χ1v) is 15.8. The molecule has 5 rings (SSSR count). The molecular weight excluding hydrogens is 562 g/mol. The highest BCUT2D eigenvalue weighted by atomic mass is 16.6. The Morgan fingerprint density at radius 1 is 0.889 bits per heavy atom. The third-order valence-electron chi connectivity index (χ3n) is 9.07. The fourth-order valence-corrected chi connectivity index (χ4v) is 6.96. The average molecular weight is 604 g/mol. The van der Waals surface area contributed by atoms with E-state index in [1.54, 1.807) is 26.0 Å². The van der Waals surface area contributed by atoms with E-state index in [2.05, 4.69) is 70.6 Å². The molecule has 2 aliphatic rings. The lowest BCUT2D eigenvalue weighted by Gasteiger charge is -2.32. The molecule has 1 fully saturated rings. The minimum Gasteiger partial charge on any atom is -0.303 e. The quantitative estimate of drug-likeness (QED) is 0.126. The molecule has 2 atom stereocenters. The summed E-state index contributed by atoms with van der Waals surface area (Å²) in [5, 5.41) is 11.5. The molecule has 0 bridgehead atoms. The van der Waals surface area contributed by atoms with E-state index in [9.17, 15) is 19.7 Å². The third kappa shape index (κ3) is 7.43. The van der Waals surface area contributed by atoms with Gasteiger partial charge in [-0.2, -0.15) is 0 Å². The molecule has 0 saturated carbocycles. The highest BCUT2D eigenvalue weighted by Gasteiger charge is 2.39. The van der Waals surface area contributed by atoms with Crippen LogP contribution >= 0.6 is 0 Å². The number of hydrogen-bond acceptors (Lipinski definition) is 6. The first-order valence-electron chi connectivity index (χ1n) is 15.8. The second-order valence-electron chi connectivity index (χ2n) is 12.1. The number of allylic oxidation sites excluding steroid dienone is 2. The van der Waals surface area contributed by atoms with Crippen molar-refractivity contribution in [3.63, 3.8) is 0 Å². The van der Waals surface area contributed by atoms with Gasteiger partial charge in [-0.15, -0.1) is 0 Å². The van der Waals surface area contributed by atoms with E-state index in [4.69, 9.17) is 0 Å². The van der Waals surface area contributed by atoms with Crippen molar-refractivity contribution >= 4 is 28.5 Å². The van der Waals surface area contributed by atoms with E-state index in [0.29, 0.717) is 29.0 Å². The van der Waals surface area contributed by atoms with Crippen LogP contribution in [0.15, 0.2) is 107 Å². The van der Waals surface area contributed by atoms with E-state index in [-0.39, 0.29) is 17.3 Å². The Labute approximate surface area is 265 Å². The van der Waals surface area contributed by atoms with Crippen molar-refractivity contribution in [2.24, 2.45) is 10.9 Å². The van der Waals surface area contributed by atoms with E-state index >= 15 is 0 Å². The van der Waals surface area contributed by atoms with Crippen molar-refractivity contribution in [2.45, 2.75) is 58.8 Å². The molecule has 0 amide bonds. The number of unbranched alkanes of at least 4 members (excludes halogenated alkanes) is 1. The van der Waals surface area contributed by atoms with E-state index in [0.717, 1.165) is 45.3 Å². The number of hydrogen-bond donors (Lipinski definition) is 0. The van der Waals surface area contributed by atoms with Gasteiger partial charge in [0.1, 0.15) is 5.78 Å². The number of carbonyl (C=O) groups is 2. The van der Waals surface area contributed by atoms with E-state index < -0.39 is 16.8 Å². The zero-order chi connectivity index (χ0) is 31.9. The van der Waals surface area contributed by atoms with Crippen LogP contribution in [0.2, 0.25) is 0 Å². The molecular formula is C38H41N3O4. The minimum absolute atomic E-state index is 0.0364. The highest BCUT2D eigenvalue weighted by molar-refractivity contribution is 6.09. The van der Waals surface area contributed by atoms with Gasteiger partial charge in [0.05, 0.1) is 10.8 Å². The first-order chi connectivity index (χ1) is 21.7. The van der Waals surface area contributed by atoms with Gasteiger partial charge >= 0.3 is 0 Å². The van der Waals surface area contributed by atoms with Crippen LogP contribution in [-0.4, -0.2) is 46.7 Å². The molecule has 0 spiro atoms.